The van der Waals surface area contributed by atoms with Crippen LogP contribution < -0.4 is 11.1 Å². The van der Waals surface area contributed by atoms with Gasteiger partial charge in [-0.3, -0.25) is 0 Å². The number of pyridine rings is 1. The average Bonchev–Trinajstić information content (AvgIpc) is 2.62. The highest BCUT2D eigenvalue weighted by atomic mass is 16.4. The number of aromatic nitrogens is 2. The molecule has 0 spiro atoms. The van der Waals surface area contributed by atoms with Crippen molar-refractivity contribution in [3.05, 3.63) is 30.9 Å². The third kappa shape index (κ3) is 1.76. The lowest BCUT2D eigenvalue weighted by atomic mass is 10.4. The van der Waals surface area contributed by atoms with Crippen molar-refractivity contribution in [2.24, 2.45) is 0 Å². The fourth-order valence-electron chi connectivity index (χ4n) is 0.883. The lowest BCUT2D eigenvalue weighted by molar-refractivity contribution is 0.574. The standard InChI is InChI=1S/C8H8N4O/c9-6-1-2-7(11-3-6)12-8-4-10-5-13-8/h1-5H,9H2,(H,11,12). The van der Waals surface area contributed by atoms with Crippen molar-refractivity contribution < 1.29 is 4.42 Å². The number of nitrogens with two attached hydrogens (primary N) is 1. The number of hydrogen-bond donors (Lipinski definition) is 2. The highest BCUT2D eigenvalue weighted by Crippen LogP contribution is 2.13. The molecule has 66 valence electrons. The van der Waals surface area contributed by atoms with E-state index in [1.165, 1.54) is 6.39 Å². The van der Waals surface area contributed by atoms with Crippen molar-refractivity contribution in [1.82, 2.24) is 9.97 Å². The quantitative estimate of drug-likeness (QED) is 0.723. The average molecular weight is 176 g/mol. The summed E-state index contributed by atoms with van der Waals surface area (Å²) in [6.07, 6.45) is 4.48. The van der Waals surface area contributed by atoms with Crippen molar-refractivity contribution in [2.75, 3.05) is 11.1 Å². The lowest BCUT2D eigenvalue weighted by Crippen LogP contribution is -1.93. The first kappa shape index (κ1) is 7.60. The van der Waals surface area contributed by atoms with Gasteiger partial charge in [-0.15, -0.1) is 0 Å². The molecule has 0 aliphatic heterocycles. The smallest absolute Gasteiger partial charge is 0.218 e. The zero-order valence-corrected chi connectivity index (χ0v) is 6.77. The first-order chi connectivity index (χ1) is 6.34. The first-order valence-electron chi connectivity index (χ1n) is 3.71. The molecule has 0 saturated heterocycles. The van der Waals surface area contributed by atoms with Gasteiger partial charge in [0.2, 0.25) is 5.88 Å². The zero-order chi connectivity index (χ0) is 9.10. The third-order valence-corrected chi connectivity index (χ3v) is 1.47. The van der Waals surface area contributed by atoms with Gasteiger partial charge in [0, 0.05) is 0 Å². The second-order valence-corrected chi connectivity index (χ2v) is 2.47. The number of hydrogen-bond acceptors (Lipinski definition) is 5. The molecule has 0 atom stereocenters. The molecule has 0 saturated carbocycles. The summed E-state index contributed by atoms with van der Waals surface area (Å²) in [6, 6.07) is 3.52. The fraction of sp³-hybridized carbons (Fsp3) is 0. The Kier molecular flexibility index (Phi) is 1.84. The summed E-state index contributed by atoms with van der Waals surface area (Å²) < 4.78 is 4.97. The monoisotopic (exact) mass is 176 g/mol. The zero-order valence-electron chi connectivity index (χ0n) is 6.77. The van der Waals surface area contributed by atoms with Gasteiger partial charge in [-0.25, -0.2) is 9.97 Å². The molecule has 13 heavy (non-hydrogen) atoms. The second-order valence-electron chi connectivity index (χ2n) is 2.47. The van der Waals surface area contributed by atoms with Crippen LogP contribution in [0.1, 0.15) is 0 Å². The van der Waals surface area contributed by atoms with Crippen LogP contribution in [0.3, 0.4) is 0 Å². The Bertz CT molecular complexity index is 368. The highest BCUT2D eigenvalue weighted by Gasteiger charge is 1.97. The summed E-state index contributed by atoms with van der Waals surface area (Å²) in [5.74, 6) is 1.23. The Morgan fingerprint density at radius 3 is 2.85 bits per heavy atom. The molecule has 0 amide bonds. The summed E-state index contributed by atoms with van der Waals surface area (Å²) >= 11 is 0. The molecule has 2 heterocycles. The van der Waals surface area contributed by atoms with Gasteiger partial charge in [0.25, 0.3) is 0 Å². The Morgan fingerprint density at radius 2 is 2.23 bits per heavy atom. The molecule has 0 radical (unpaired) electrons. The van der Waals surface area contributed by atoms with Gasteiger partial charge in [-0.05, 0) is 12.1 Å². The van der Waals surface area contributed by atoms with Crippen LogP contribution in [0.2, 0.25) is 0 Å². The van der Waals surface area contributed by atoms with Crippen molar-refractivity contribution in [3.8, 4) is 0 Å². The number of oxazole rings is 1. The van der Waals surface area contributed by atoms with Gasteiger partial charge in [-0.2, -0.15) is 0 Å². The molecule has 5 nitrogen and oxygen atoms in total. The minimum absolute atomic E-state index is 0.553. The van der Waals surface area contributed by atoms with Crippen LogP contribution in [0, 0.1) is 0 Å². The van der Waals surface area contributed by atoms with Gasteiger partial charge in [0.1, 0.15) is 5.82 Å². The number of nitrogens with one attached hydrogen (secondary N) is 1. The molecular weight excluding hydrogens is 168 g/mol. The van der Waals surface area contributed by atoms with E-state index in [1.54, 1.807) is 24.5 Å². The summed E-state index contributed by atoms with van der Waals surface area (Å²) in [4.78, 5) is 7.78. The maximum absolute atomic E-state index is 5.47. The molecule has 0 aromatic carbocycles. The fourth-order valence-corrected chi connectivity index (χ4v) is 0.883. The predicted octanol–water partition coefficient (Wildman–Crippen LogP) is 1.40. The first-order valence-corrected chi connectivity index (χ1v) is 3.71. The van der Waals surface area contributed by atoms with Gasteiger partial charge >= 0.3 is 0 Å². The molecule has 0 aliphatic carbocycles. The van der Waals surface area contributed by atoms with E-state index >= 15 is 0 Å². The normalized spacial score (nSPS) is 9.85. The summed E-state index contributed by atoms with van der Waals surface area (Å²) in [5.41, 5.74) is 6.10. The van der Waals surface area contributed by atoms with Crippen LogP contribution in [-0.4, -0.2) is 9.97 Å². The Labute approximate surface area is 74.6 Å². The molecular formula is C8H8N4O. The molecule has 0 unspecified atom stereocenters. The number of anilines is 3. The number of nitrogens with zero attached hydrogens (tertiary/aromatic N) is 2. The maximum atomic E-state index is 5.47. The number of nitrogen functional groups attached to an aromatic ring is 1. The van der Waals surface area contributed by atoms with Gasteiger partial charge in [0.15, 0.2) is 6.39 Å². The minimum Gasteiger partial charge on any atom is -0.428 e. The molecule has 0 bridgehead atoms. The van der Waals surface area contributed by atoms with E-state index in [-0.39, 0.29) is 0 Å². The van der Waals surface area contributed by atoms with E-state index in [0.29, 0.717) is 17.4 Å². The molecule has 2 aromatic rings. The number of rotatable bonds is 2. The van der Waals surface area contributed by atoms with E-state index in [1.807, 2.05) is 0 Å². The van der Waals surface area contributed by atoms with Crippen molar-refractivity contribution >= 4 is 17.4 Å². The molecule has 2 rings (SSSR count). The van der Waals surface area contributed by atoms with Crippen LogP contribution in [-0.2, 0) is 0 Å². The SMILES string of the molecule is Nc1ccc(Nc2cnco2)nc1. The lowest BCUT2D eigenvalue weighted by Gasteiger charge is -2.00. The van der Waals surface area contributed by atoms with Gasteiger partial charge in [-0.1, -0.05) is 0 Å². The van der Waals surface area contributed by atoms with Crippen molar-refractivity contribution in [2.45, 2.75) is 0 Å². The highest BCUT2D eigenvalue weighted by molar-refractivity contribution is 5.51. The maximum Gasteiger partial charge on any atom is 0.218 e. The summed E-state index contributed by atoms with van der Waals surface area (Å²) in [6.45, 7) is 0. The van der Waals surface area contributed by atoms with Crippen LogP contribution in [0.25, 0.3) is 0 Å². The van der Waals surface area contributed by atoms with E-state index in [9.17, 15) is 0 Å². The molecule has 3 N–H and O–H groups in total. The van der Waals surface area contributed by atoms with E-state index in [4.69, 9.17) is 10.2 Å². The Balaban J connectivity index is 2.15. The Morgan fingerprint density at radius 1 is 1.31 bits per heavy atom. The van der Waals surface area contributed by atoms with Crippen LogP contribution in [0.4, 0.5) is 17.4 Å². The van der Waals surface area contributed by atoms with Crippen LogP contribution >= 0.6 is 0 Å². The van der Waals surface area contributed by atoms with Crippen molar-refractivity contribution in [1.29, 1.82) is 0 Å². The summed E-state index contributed by atoms with van der Waals surface area (Å²) in [5, 5.41) is 2.92. The van der Waals surface area contributed by atoms with Crippen LogP contribution in [0.5, 0.6) is 0 Å². The molecule has 2 aromatic heterocycles. The van der Waals surface area contributed by atoms with Crippen molar-refractivity contribution in [3.63, 3.8) is 0 Å². The molecule has 0 aliphatic rings. The van der Waals surface area contributed by atoms with E-state index in [0.717, 1.165) is 0 Å². The second kappa shape index (κ2) is 3.14. The Hall–Kier alpha value is -2.04. The largest absolute Gasteiger partial charge is 0.428 e. The summed E-state index contributed by atoms with van der Waals surface area (Å²) in [7, 11) is 0. The predicted molar refractivity (Wildman–Crippen MR) is 48.4 cm³/mol. The van der Waals surface area contributed by atoms with Crippen LogP contribution in [0.15, 0.2) is 35.3 Å². The molecule has 5 heteroatoms. The van der Waals surface area contributed by atoms with E-state index in [2.05, 4.69) is 15.3 Å². The topological polar surface area (TPSA) is 77.0 Å². The van der Waals surface area contributed by atoms with Gasteiger partial charge in [0.05, 0.1) is 18.1 Å². The minimum atomic E-state index is 0.553. The molecule has 0 fully saturated rings. The third-order valence-electron chi connectivity index (χ3n) is 1.47. The van der Waals surface area contributed by atoms with Gasteiger partial charge < -0.3 is 15.5 Å². The van der Waals surface area contributed by atoms with E-state index < -0.39 is 0 Å².